The molecule has 1 aliphatic carbocycles. The molecular formula is C20H29BrIN5. The quantitative estimate of drug-likeness (QED) is 0.336. The van der Waals surface area contributed by atoms with E-state index in [1.54, 1.807) is 0 Å². The van der Waals surface area contributed by atoms with Gasteiger partial charge in [-0.25, -0.2) is 0 Å². The van der Waals surface area contributed by atoms with Gasteiger partial charge in [0.05, 0.1) is 5.69 Å². The molecule has 0 unspecified atom stereocenters. The summed E-state index contributed by atoms with van der Waals surface area (Å²) in [6.07, 6.45) is 3.73. The number of nitrogens with one attached hydrogen (secondary N) is 2. The van der Waals surface area contributed by atoms with E-state index in [1.165, 1.54) is 36.1 Å². The van der Waals surface area contributed by atoms with Crippen LogP contribution >= 0.6 is 39.9 Å². The molecule has 1 heterocycles. The van der Waals surface area contributed by atoms with Crippen LogP contribution in [0.2, 0.25) is 0 Å². The summed E-state index contributed by atoms with van der Waals surface area (Å²) in [6, 6.07) is 8.75. The Morgan fingerprint density at radius 3 is 2.37 bits per heavy atom. The molecule has 1 fully saturated rings. The zero-order valence-electron chi connectivity index (χ0n) is 16.5. The van der Waals surface area contributed by atoms with E-state index in [1.807, 2.05) is 18.8 Å². The average molecular weight is 546 g/mol. The number of guanidine groups is 1. The van der Waals surface area contributed by atoms with Gasteiger partial charge in [0.1, 0.15) is 0 Å². The third-order valence-corrected chi connectivity index (χ3v) is 6.21. The summed E-state index contributed by atoms with van der Waals surface area (Å²) >= 11 is 3.53. The Morgan fingerprint density at radius 1 is 1.22 bits per heavy atom. The highest BCUT2D eigenvalue weighted by Gasteiger charge is 2.38. The van der Waals surface area contributed by atoms with Crippen molar-refractivity contribution in [2.75, 3.05) is 13.6 Å². The van der Waals surface area contributed by atoms with Gasteiger partial charge in [0.15, 0.2) is 5.96 Å². The Hall–Kier alpha value is -1.09. The highest BCUT2D eigenvalue weighted by Crippen LogP contribution is 2.43. The summed E-state index contributed by atoms with van der Waals surface area (Å²) in [4.78, 5) is 4.40. The molecule has 148 valence electrons. The molecule has 0 aliphatic heterocycles. The van der Waals surface area contributed by atoms with Crippen LogP contribution in [0.25, 0.3) is 0 Å². The summed E-state index contributed by atoms with van der Waals surface area (Å²) < 4.78 is 3.06. The highest BCUT2D eigenvalue weighted by atomic mass is 127. The first kappa shape index (κ1) is 22.2. The molecule has 0 spiro atoms. The maximum Gasteiger partial charge on any atom is 0.191 e. The van der Waals surface area contributed by atoms with Crippen molar-refractivity contribution in [3.05, 3.63) is 51.3 Å². The minimum Gasteiger partial charge on any atom is -0.356 e. The van der Waals surface area contributed by atoms with Gasteiger partial charge in [-0.1, -0.05) is 34.5 Å². The van der Waals surface area contributed by atoms with Crippen molar-refractivity contribution < 1.29 is 0 Å². The van der Waals surface area contributed by atoms with Crippen LogP contribution in [-0.4, -0.2) is 29.3 Å². The van der Waals surface area contributed by atoms with Crippen molar-refractivity contribution in [2.45, 2.75) is 45.1 Å². The standard InChI is InChI=1S/C20H28BrN5.HI/c1-14-18(15(2)26(4)25-14)12-23-19(22-3)24-13-20(10-5-11-20)16-6-8-17(21)9-7-16;/h6-9H,5,10-13H2,1-4H3,(H2,22,23,24);1H. The Balaban J connectivity index is 0.00000261. The van der Waals surface area contributed by atoms with Crippen molar-refractivity contribution in [1.29, 1.82) is 0 Å². The molecule has 27 heavy (non-hydrogen) atoms. The third-order valence-electron chi connectivity index (χ3n) is 5.68. The summed E-state index contributed by atoms with van der Waals surface area (Å²) in [5, 5.41) is 11.5. The van der Waals surface area contributed by atoms with Crippen molar-refractivity contribution in [1.82, 2.24) is 20.4 Å². The number of rotatable bonds is 5. The fraction of sp³-hybridized carbons (Fsp3) is 0.500. The largest absolute Gasteiger partial charge is 0.356 e. The van der Waals surface area contributed by atoms with Gasteiger partial charge in [0, 0.05) is 48.3 Å². The summed E-state index contributed by atoms with van der Waals surface area (Å²) in [5.74, 6) is 0.844. The summed E-state index contributed by atoms with van der Waals surface area (Å²) in [7, 11) is 3.81. The van der Waals surface area contributed by atoms with Crippen molar-refractivity contribution in [2.24, 2.45) is 12.0 Å². The fourth-order valence-electron chi connectivity index (χ4n) is 3.69. The van der Waals surface area contributed by atoms with Gasteiger partial charge < -0.3 is 10.6 Å². The molecule has 1 saturated carbocycles. The second kappa shape index (κ2) is 9.41. The van der Waals surface area contributed by atoms with Crippen LogP contribution in [0.4, 0.5) is 0 Å². The zero-order chi connectivity index (χ0) is 18.7. The monoisotopic (exact) mass is 545 g/mol. The summed E-state index contributed by atoms with van der Waals surface area (Å²) in [6.45, 7) is 5.79. The minimum absolute atomic E-state index is 0. The average Bonchev–Trinajstić information content (AvgIpc) is 2.83. The number of hydrogen-bond donors (Lipinski definition) is 2. The molecule has 1 aromatic heterocycles. The van der Waals surface area contributed by atoms with E-state index in [4.69, 9.17) is 0 Å². The molecule has 2 aromatic rings. The van der Waals surface area contributed by atoms with Gasteiger partial charge in [-0.05, 0) is 44.4 Å². The molecule has 0 amide bonds. The van der Waals surface area contributed by atoms with Crippen molar-refractivity contribution in [3.63, 3.8) is 0 Å². The highest BCUT2D eigenvalue weighted by molar-refractivity contribution is 14.0. The Labute approximate surface area is 187 Å². The van der Waals surface area contributed by atoms with E-state index in [0.717, 1.165) is 29.2 Å². The van der Waals surface area contributed by atoms with Crippen LogP contribution in [0, 0.1) is 13.8 Å². The molecule has 1 aromatic carbocycles. The number of hydrogen-bond acceptors (Lipinski definition) is 2. The third kappa shape index (κ3) is 4.85. The van der Waals surface area contributed by atoms with E-state index in [0.29, 0.717) is 0 Å². The summed E-state index contributed by atoms with van der Waals surface area (Å²) in [5.41, 5.74) is 5.13. The van der Waals surface area contributed by atoms with Gasteiger partial charge in [-0.2, -0.15) is 5.10 Å². The first-order chi connectivity index (χ1) is 12.4. The number of nitrogens with zero attached hydrogens (tertiary/aromatic N) is 3. The molecule has 1 aliphatic rings. The second-order valence-corrected chi connectivity index (χ2v) is 8.11. The lowest BCUT2D eigenvalue weighted by Crippen LogP contribution is -2.48. The first-order valence-electron chi connectivity index (χ1n) is 9.15. The molecule has 5 nitrogen and oxygen atoms in total. The molecule has 0 radical (unpaired) electrons. The van der Waals surface area contributed by atoms with Crippen LogP contribution < -0.4 is 10.6 Å². The Kier molecular flexibility index (Phi) is 7.73. The lowest BCUT2D eigenvalue weighted by molar-refractivity contribution is 0.244. The lowest BCUT2D eigenvalue weighted by atomic mass is 9.64. The normalized spacial score (nSPS) is 15.7. The molecule has 0 bridgehead atoms. The molecule has 3 rings (SSSR count). The van der Waals surface area contributed by atoms with Gasteiger partial charge in [-0.15, -0.1) is 24.0 Å². The molecule has 2 N–H and O–H groups in total. The number of halogens is 2. The molecule has 7 heteroatoms. The Morgan fingerprint density at radius 2 is 1.89 bits per heavy atom. The van der Waals surface area contributed by atoms with Gasteiger partial charge in [-0.3, -0.25) is 9.67 Å². The number of aromatic nitrogens is 2. The second-order valence-electron chi connectivity index (χ2n) is 7.19. The van der Waals surface area contributed by atoms with Crippen molar-refractivity contribution in [3.8, 4) is 0 Å². The van der Waals surface area contributed by atoms with Crippen LogP contribution in [0.1, 0.15) is 41.8 Å². The van der Waals surface area contributed by atoms with E-state index in [-0.39, 0.29) is 29.4 Å². The number of benzene rings is 1. The van der Waals surface area contributed by atoms with E-state index in [9.17, 15) is 0 Å². The van der Waals surface area contributed by atoms with Gasteiger partial charge in [0.2, 0.25) is 0 Å². The SMILES string of the molecule is CN=C(NCc1c(C)nn(C)c1C)NCC1(c2ccc(Br)cc2)CCC1.I. The lowest BCUT2D eigenvalue weighted by Gasteiger charge is -2.43. The van der Waals surface area contributed by atoms with Crippen LogP contribution in [0.5, 0.6) is 0 Å². The predicted octanol–water partition coefficient (Wildman–Crippen LogP) is 4.20. The van der Waals surface area contributed by atoms with Crippen LogP contribution in [-0.2, 0) is 19.0 Å². The topological polar surface area (TPSA) is 54.2 Å². The zero-order valence-corrected chi connectivity index (χ0v) is 20.4. The van der Waals surface area contributed by atoms with E-state index < -0.39 is 0 Å². The fourth-order valence-corrected chi connectivity index (χ4v) is 3.96. The maximum atomic E-state index is 4.48. The minimum atomic E-state index is 0. The van der Waals surface area contributed by atoms with Crippen molar-refractivity contribution >= 4 is 45.9 Å². The van der Waals surface area contributed by atoms with E-state index in [2.05, 4.69) is 74.8 Å². The molecular weight excluding hydrogens is 517 g/mol. The van der Waals surface area contributed by atoms with Crippen LogP contribution in [0.3, 0.4) is 0 Å². The van der Waals surface area contributed by atoms with Gasteiger partial charge >= 0.3 is 0 Å². The molecule has 0 saturated heterocycles. The number of aliphatic imine (C=N–C) groups is 1. The number of aryl methyl sites for hydroxylation is 2. The molecule has 0 atom stereocenters. The maximum absolute atomic E-state index is 4.48. The Bertz CT molecular complexity index is 793. The first-order valence-corrected chi connectivity index (χ1v) is 9.94. The smallest absolute Gasteiger partial charge is 0.191 e. The predicted molar refractivity (Wildman–Crippen MR) is 126 cm³/mol. The van der Waals surface area contributed by atoms with Crippen LogP contribution in [0.15, 0.2) is 33.7 Å². The van der Waals surface area contributed by atoms with E-state index >= 15 is 0 Å². The van der Waals surface area contributed by atoms with Gasteiger partial charge in [0.25, 0.3) is 0 Å².